The Balaban J connectivity index is 1.57. The van der Waals surface area contributed by atoms with Gasteiger partial charge in [0.25, 0.3) is 5.91 Å². The maximum Gasteiger partial charge on any atom is 0.255 e. The van der Waals surface area contributed by atoms with Crippen molar-refractivity contribution in [1.29, 1.82) is 0 Å². The molecule has 0 spiro atoms. The topological polar surface area (TPSA) is 93.0 Å². The molecule has 1 unspecified atom stereocenters. The first kappa shape index (κ1) is 28.1. The van der Waals surface area contributed by atoms with Crippen LogP contribution in [-0.2, 0) is 19.4 Å². The summed E-state index contributed by atoms with van der Waals surface area (Å²) in [5.41, 5.74) is 3.14. The molecule has 7 nitrogen and oxygen atoms in total. The Morgan fingerprint density at radius 3 is 2.44 bits per heavy atom. The molecule has 4 rings (SSSR count). The summed E-state index contributed by atoms with van der Waals surface area (Å²) in [4.78, 5) is 13.5. The van der Waals surface area contributed by atoms with E-state index in [4.69, 9.17) is 13.9 Å². The molecule has 39 heavy (non-hydrogen) atoms. The van der Waals surface area contributed by atoms with Crippen molar-refractivity contribution in [3.8, 4) is 11.5 Å². The van der Waals surface area contributed by atoms with Gasteiger partial charge in [0, 0.05) is 25.2 Å². The van der Waals surface area contributed by atoms with Crippen LogP contribution in [0.1, 0.15) is 34.0 Å². The third kappa shape index (κ3) is 6.74. The van der Waals surface area contributed by atoms with Crippen LogP contribution in [0.15, 0.2) is 65.3 Å². The van der Waals surface area contributed by atoms with Crippen molar-refractivity contribution in [1.82, 2.24) is 10.6 Å². The van der Waals surface area contributed by atoms with Crippen molar-refractivity contribution >= 4 is 16.9 Å². The van der Waals surface area contributed by atoms with Gasteiger partial charge in [-0.05, 0) is 47.7 Å². The molecule has 0 fully saturated rings. The minimum atomic E-state index is -1.08. The zero-order chi connectivity index (χ0) is 27.9. The van der Waals surface area contributed by atoms with Gasteiger partial charge in [0.15, 0.2) is 11.3 Å². The Kier molecular flexibility index (Phi) is 9.16. The quantitative estimate of drug-likeness (QED) is 0.240. The summed E-state index contributed by atoms with van der Waals surface area (Å²) in [5.74, 6) is -1.42. The van der Waals surface area contributed by atoms with Crippen molar-refractivity contribution in [3.05, 3.63) is 94.7 Å². The van der Waals surface area contributed by atoms with Gasteiger partial charge < -0.3 is 29.6 Å². The fraction of sp³-hybridized carbons (Fsp3) is 0.300. The molecule has 3 N–H and O–H groups in total. The van der Waals surface area contributed by atoms with Crippen molar-refractivity contribution in [2.75, 3.05) is 20.8 Å². The summed E-state index contributed by atoms with van der Waals surface area (Å²) < 4.78 is 44.2. The van der Waals surface area contributed by atoms with E-state index >= 15 is 0 Å². The first-order valence-corrected chi connectivity index (χ1v) is 12.7. The molecule has 3 aromatic carbocycles. The van der Waals surface area contributed by atoms with E-state index in [1.54, 1.807) is 6.07 Å². The van der Waals surface area contributed by atoms with Gasteiger partial charge in [-0.3, -0.25) is 4.79 Å². The number of hydrogen-bond acceptors (Lipinski definition) is 6. The van der Waals surface area contributed by atoms with E-state index in [2.05, 4.69) is 23.6 Å². The molecular formula is C30H32F2N2O5. The first-order chi connectivity index (χ1) is 18.8. The molecule has 206 valence electrons. The molecule has 1 aromatic heterocycles. The summed E-state index contributed by atoms with van der Waals surface area (Å²) in [6.07, 6.45) is 1.28. The van der Waals surface area contributed by atoms with Crippen LogP contribution in [0.2, 0.25) is 0 Å². The minimum Gasteiger partial charge on any atom is -0.495 e. The lowest BCUT2D eigenvalue weighted by molar-refractivity contribution is 0.0827. The van der Waals surface area contributed by atoms with E-state index in [0.29, 0.717) is 28.8 Å². The predicted octanol–water partition coefficient (Wildman–Crippen LogP) is 4.78. The van der Waals surface area contributed by atoms with Crippen LogP contribution in [-0.4, -0.2) is 43.9 Å². The van der Waals surface area contributed by atoms with Gasteiger partial charge in [-0.25, -0.2) is 8.78 Å². The molecule has 4 aromatic rings. The molecule has 0 radical (unpaired) electrons. The molecule has 0 saturated carbocycles. The van der Waals surface area contributed by atoms with Gasteiger partial charge >= 0.3 is 0 Å². The van der Waals surface area contributed by atoms with Gasteiger partial charge in [-0.2, -0.15) is 0 Å². The molecular weight excluding hydrogens is 506 g/mol. The maximum atomic E-state index is 13.9. The van der Waals surface area contributed by atoms with E-state index in [1.807, 2.05) is 18.2 Å². The van der Waals surface area contributed by atoms with Gasteiger partial charge in [0.05, 0.1) is 43.6 Å². The molecule has 0 bridgehead atoms. The second-order valence-electron chi connectivity index (χ2n) is 9.26. The molecule has 0 aliphatic rings. The number of aliphatic hydroxyl groups excluding tert-OH is 1. The molecule has 2 atom stereocenters. The maximum absolute atomic E-state index is 13.9. The minimum absolute atomic E-state index is 0.0119. The highest BCUT2D eigenvalue weighted by molar-refractivity contribution is 6.04. The Morgan fingerprint density at radius 2 is 1.74 bits per heavy atom. The van der Waals surface area contributed by atoms with Crippen LogP contribution in [0.25, 0.3) is 11.0 Å². The Hall–Kier alpha value is -3.95. The van der Waals surface area contributed by atoms with Gasteiger partial charge in [-0.15, -0.1) is 0 Å². The van der Waals surface area contributed by atoms with Crippen molar-refractivity contribution in [3.63, 3.8) is 0 Å². The molecule has 0 aliphatic heterocycles. The number of rotatable bonds is 12. The van der Waals surface area contributed by atoms with Crippen LogP contribution < -0.4 is 20.1 Å². The molecule has 1 heterocycles. The Bertz CT molecular complexity index is 1420. The van der Waals surface area contributed by atoms with Crippen molar-refractivity contribution in [2.24, 2.45) is 0 Å². The summed E-state index contributed by atoms with van der Waals surface area (Å²) in [6, 6.07) is 13.5. The van der Waals surface area contributed by atoms with Crippen LogP contribution in [0.3, 0.4) is 0 Å². The van der Waals surface area contributed by atoms with Crippen molar-refractivity contribution in [2.45, 2.75) is 38.5 Å². The second-order valence-corrected chi connectivity index (χ2v) is 9.26. The average Bonchev–Trinajstić information content (AvgIpc) is 3.41. The Labute approximate surface area is 225 Å². The third-order valence-electron chi connectivity index (χ3n) is 6.56. The summed E-state index contributed by atoms with van der Waals surface area (Å²) >= 11 is 0. The predicted molar refractivity (Wildman–Crippen MR) is 144 cm³/mol. The summed E-state index contributed by atoms with van der Waals surface area (Å²) in [5, 5.41) is 17.7. The van der Waals surface area contributed by atoms with Crippen LogP contribution >= 0.6 is 0 Å². The Morgan fingerprint density at radius 1 is 1.00 bits per heavy atom. The number of aryl methyl sites for hydroxylation is 1. The third-order valence-corrected chi connectivity index (χ3v) is 6.56. The summed E-state index contributed by atoms with van der Waals surface area (Å²) in [6.45, 7) is 2.70. The summed E-state index contributed by atoms with van der Waals surface area (Å²) in [7, 11) is 2.89. The zero-order valence-corrected chi connectivity index (χ0v) is 22.1. The fourth-order valence-corrected chi connectivity index (χ4v) is 4.60. The number of amides is 1. The number of hydrogen-bond donors (Lipinski definition) is 3. The number of fused-ring (bicyclic) bond motifs is 1. The molecule has 0 aliphatic carbocycles. The van der Waals surface area contributed by atoms with Gasteiger partial charge in [0.2, 0.25) is 0 Å². The standard InChI is InChI=1S/C30H32F2N2O5/c1-4-18-6-5-7-19(10-18)16-33-17-26(35)25(13-20-11-21(31)14-22(32)12-20)34-30(36)24-15-27(37-2)29-23(8-9-39-29)28(24)38-3/h5-12,14-15,25-26,33,35H,4,13,16-17H2,1-3H3,(H,34,36)/t25-,26?/m1/s1. The van der Waals surface area contributed by atoms with E-state index < -0.39 is 29.7 Å². The van der Waals surface area contributed by atoms with E-state index in [1.165, 1.54) is 44.2 Å². The normalized spacial score (nSPS) is 12.8. The van der Waals surface area contributed by atoms with Crippen LogP contribution in [0, 0.1) is 11.6 Å². The zero-order valence-electron chi connectivity index (χ0n) is 22.1. The number of furan rings is 1. The lowest BCUT2D eigenvalue weighted by Crippen LogP contribution is -2.48. The number of halogens is 2. The lowest BCUT2D eigenvalue weighted by atomic mass is 9.99. The highest BCUT2D eigenvalue weighted by Gasteiger charge is 2.26. The average molecular weight is 539 g/mol. The first-order valence-electron chi connectivity index (χ1n) is 12.7. The number of carbonyl (C=O) groups excluding carboxylic acids is 1. The molecule has 1 amide bonds. The molecule has 9 heteroatoms. The monoisotopic (exact) mass is 538 g/mol. The largest absolute Gasteiger partial charge is 0.495 e. The second kappa shape index (κ2) is 12.7. The smallest absolute Gasteiger partial charge is 0.255 e. The van der Waals surface area contributed by atoms with Crippen LogP contribution in [0.5, 0.6) is 11.5 Å². The molecule has 0 saturated heterocycles. The van der Waals surface area contributed by atoms with Crippen molar-refractivity contribution < 1.29 is 32.6 Å². The highest BCUT2D eigenvalue weighted by Crippen LogP contribution is 2.37. The van der Waals surface area contributed by atoms with Gasteiger partial charge in [0.1, 0.15) is 17.4 Å². The van der Waals surface area contributed by atoms with Gasteiger partial charge in [-0.1, -0.05) is 31.2 Å². The van der Waals surface area contributed by atoms with E-state index in [9.17, 15) is 18.7 Å². The van der Waals surface area contributed by atoms with E-state index in [-0.39, 0.29) is 24.3 Å². The number of aliphatic hydroxyl groups is 1. The number of ether oxygens (including phenoxy) is 2. The number of benzene rings is 3. The number of methoxy groups -OCH3 is 2. The highest BCUT2D eigenvalue weighted by atomic mass is 19.1. The number of nitrogens with one attached hydrogen (secondary N) is 2. The lowest BCUT2D eigenvalue weighted by Gasteiger charge is -2.25. The SMILES string of the molecule is CCc1cccc(CNCC(O)[C@@H](Cc2cc(F)cc(F)c2)NC(=O)c2cc(OC)c3occc3c2OC)c1. The number of carbonyl (C=O) groups is 1. The van der Waals surface area contributed by atoms with E-state index in [0.717, 1.165) is 18.1 Å². The van der Waals surface area contributed by atoms with Crippen LogP contribution in [0.4, 0.5) is 8.78 Å². The fourth-order valence-electron chi connectivity index (χ4n) is 4.60.